The maximum absolute atomic E-state index is 11.8. The van der Waals surface area contributed by atoms with E-state index >= 15 is 0 Å². The predicted molar refractivity (Wildman–Crippen MR) is 145 cm³/mol. The number of nitro benzene ring substituents is 1. The molecule has 16 heteroatoms. The number of benzene rings is 1. The Kier molecular flexibility index (Phi) is 10.7. The molecule has 0 bridgehead atoms. The standard InChI is InChI=1S/C24H30N8O8/c25-22(33)16-12-18(31(35)36)21(20(14-16)40-9-3-6-30-7-10-39-11-8-30)27-4-1-2-5-28-24-19(32(37)38)13-17(15-29-24)23(26)34/h1-2,12-15,27H,3-11H2,(H2,25,33)(H2,26,34)(H,28,29)/b2-1+. The summed E-state index contributed by atoms with van der Waals surface area (Å²) in [6, 6.07) is 3.47. The van der Waals surface area contributed by atoms with E-state index in [2.05, 4.69) is 20.5 Å². The van der Waals surface area contributed by atoms with Crippen LogP contribution in [0.15, 0.2) is 36.5 Å². The summed E-state index contributed by atoms with van der Waals surface area (Å²) in [6.45, 7) is 4.23. The number of nitro groups is 2. The average molecular weight is 559 g/mol. The number of carbonyl (C=O) groups excluding carboxylic acids is 2. The number of morpholine rings is 1. The van der Waals surface area contributed by atoms with Gasteiger partial charge in [-0.15, -0.1) is 0 Å². The molecule has 1 saturated heterocycles. The Morgan fingerprint density at radius 2 is 1.62 bits per heavy atom. The monoisotopic (exact) mass is 558 g/mol. The van der Waals surface area contributed by atoms with Crippen molar-refractivity contribution in [3.05, 3.63) is 67.9 Å². The molecule has 0 aliphatic carbocycles. The van der Waals surface area contributed by atoms with E-state index in [-0.39, 0.29) is 53.8 Å². The number of nitrogens with one attached hydrogen (secondary N) is 2. The van der Waals surface area contributed by atoms with Gasteiger partial charge in [-0.05, 0) is 12.5 Å². The molecule has 1 aromatic heterocycles. The fourth-order valence-corrected chi connectivity index (χ4v) is 3.82. The highest BCUT2D eigenvalue weighted by molar-refractivity contribution is 5.96. The van der Waals surface area contributed by atoms with E-state index in [1.165, 1.54) is 6.07 Å². The van der Waals surface area contributed by atoms with Crippen LogP contribution in [0, 0.1) is 20.2 Å². The summed E-state index contributed by atoms with van der Waals surface area (Å²) < 4.78 is 11.2. The van der Waals surface area contributed by atoms with Gasteiger partial charge in [0, 0.05) is 56.6 Å². The van der Waals surface area contributed by atoms with Crippen LogP contribution in [0.5, 0.6) is 5.75 Å². The molecule has 214 valence electrons. The summed E-state index contributed by atoms with van der Waals surface area (Å²) in [7, 11) is 0. The van der Waals surface area contributed by atoms with Crippen molar-refractivity contribution in [1.82, 2.24) is 9.88 Å². The molecule has 2 aromatic rings. The maximum Gasteiger partial charge on any atom is 0.312 e. The van der Waals surface area contributed by atoms with Crippen LogP contribution < -0.4 is 26.8 Å². The van der Waals surface area contributed by atoms with Gasteiger partial charge in [-0.3, -0.25) is 34.7 Å². The van der Waals surface area contributed by atoms with Gasteiger partial charge in [-0.2, -0.15) is 0 Å². The van der Waals surface area contributed by atoms with E-state index < -0.39 is 27.3 Å². The van der Waals surface area contributed by atoms with Gasteiger partial charge in [-0.25, -0.2) is 4.98 Å². The van der Waals surface area contributed by atoms with E-state index in [1.807, 2.05) is 0 Å². The van der Waals surface area contributed by atoms with Crippen LogP contribution in [0.2, 0.25) is 0 Å². The largest absolute Gasteiger partial charge is 0.491 e. The topological polar surface area (TPSA) is 231 Å². The molecule has 1 aliphatic heterocycles. The van der Waals surface area contributed by atoms with Crippen molar-refractivity contribution in [2.45, 2.75) is 6.42 Å². The molecule has 1 aliphatic rings. The van der Waals surface area contributed by atoms with Crippen LogP contribution >= 0.6 is 0 Å². The Morgan fingerprint density at radius 1 is 1.00 bits per heavy atom. The summed E-state index contributed by atoms with van der Waals surface area (Å²) in [6.07, 6.45) is 5.03. The van der Waals surface area contributed by atoms with Gasteiger partial charge in [0.15, 0.2) is 5.69 Å². The molecule has 6 N–H and O–H groups in total. The Balaban J connectivity index is 1.64. The number of rotatable bonds is 15. The Labute approximate surface area is 228 Å². The Hall–Kier alpha value is -4.83. The van der Waals surface area contributed by atoms with Crippen LogP contribution in [0.25, 0.3) is 0 Å². The van der Waals surface area contributed by atoms with Crippen molar-refractivity contribution < 1.29 is 28.9 Å². The van der Waals surface area contributed by atoms with Crippen molar-refractivity contribution >= 4 is 34.7 Å². The first-order valence-electron chi connectivity index (χ1n) is 12.3. The summed E-state index contributed by atoms with van der Waals surface area (Å²) >= 11 is 0. The molecule has 0 spiro atoms. The number of hydrogen-bond donors (Lipinski definition) is 4. The number of ether oxygens (including phenoxy) is 2. The number of primary amides is 2. The molecule has 3 rings (SSSR count). The maximum atomic E-state index is 11.8. The van der Waals surface area contributed by atoms with E-state index in [4.69, 9.17) is 20.9 Å². The van der Waals surface area contributed by atoms with E-state index in [9.17, 15) is 29.8 Å². The van der Waals surface area contributed by atoms with Crippen LogP contribution in [-0.4, -0.2) is 84.1 Å². The number of nitrogens with zero attached hydrogens (tertiary/aromatic N) is 4. The number of aromatic nitrogens is 1. The van der Waals surface area contributed by atoms with E-state index in [1.54, 1.807) is 12.2 Å². The van der Waals surface area contributed by atoms with Gasteiger partial charge in [0.2, 0.25) is 11.7 Å². The van der Waals surface area contributed by atoms with E-state index in [0.29, 0.717) is 19.6 Å². The van der Waals surface area contributed by atoms with Crippen LogP contribution in [0.3, 0.4) is 0 Å². The molecule has 16 nitrogen and oxygen atoms in total. The molecular weight excluding hydrogens is 528 g/mol. The van der Waals surface area contributed by atoms with Crippen LogP contribution in [0.4, 0.5) is 22.9 Å². The summed E-state index contributed by atoms with van der Waals surface area (Å²) in [5, 5.41) is 28.7. The minimum Gasteiger partial charge on any atom is -0.491 e. The van der Waals surface area contributed by atoms with E-state index in [0.717, 1.165) is 38.0 Å². The normalized spacial score (nSPS) is 13.6. The third-order valence-corrected chi connectivity index (χ3v) is 5.84. The second-order valence-electron chi connectivity index (χ2n) is 8.59. The molecule has 0 saturated carbocycles. The zero-order valence-electron chi connectivity index (χ0n) is 21.5. The fourth-order valence-electron chi connectivity index (χ4n) is 3.82. The number of pyridine rings is 1. The van der Waals surface area contributed by atoms with Crippen molar-refractivity contribution in [3.63, 3.8) is 0 Å². The molecule has 1 aromatic carbocycles. The lowest BCUT2D eigenvalue weighted by Crippen LogP contribution is -2.37. The van der Waals surface area contributed by atoms with Gasteiger partial charge >= 0.3 is 5.69 Å². The SMILES string of the molecule is NC(=O)c1cnc(NC/C=C/CNc2c(OCCCN3CCOCC3)cc(C(N)=O)cc2[N+](=O)[O-])c([N+](=O)[O-])c1. The lowest BCUT2D eigenvalue weighted by atomic mass is 10.1. The minimum absolute atomic E-state index is 0.0574. The Morgan fingerprint density at radius 3 is 2.25 bits per heavy atom. The third-order valence-electron chi connectivity index (χ3n) is 5.84. The van der Waals surface area contributed by atoms with Gasteiger partial charge in [0.25, 0.3) is 11.6 Å². The lowest BCUT2D eigenvalue weighted by molar-refractivity contribution is -0.384. The number of carbonyl (C=O) groups is 2. The number of nitrogens with two attached hydrogens (primary N) is 2. The predicted octanol–water partition coefficient (Wildman–Crippen LogP) is 1.28. The van der Waals surface area contributed by atoms with Crippen LogP contribution in [-0.2, 0) is 4.74 Å². The number of anilines is 2. The van der Waals surface area contributed by atoms with Gasteiger partial charge < -0.3 is 31.6 Å². The number of amides is 2. The van der Waals surface area contributed by atoms with Crippen LogP contribution in [0.1, 0.15) is 27.1 Å². The minimum atomic E-state index is -0.841. The van der Waals surface area contributed by atoms with Gasteiger partial charge in [0.05, 0.1) is 35.2 Å². The molecule has 2 heterocycles. The van der Waals surface area contributed by atoms with Crippen molar-refractivity contribution in [2.75, 3.05) is 63.2 Å². The highest BCUT2D eigenvalue weighted by Gasteiger charge is 2.23. The molecule has 0 radical (unpaired) electrons. The zero-order chi connectivity index (χ0) is 29.1. The zero-order valence-corrected chi connectivity index (χ0v) is 21.5. The summed E-state index contributed by atoms with van der Waals surface area (Å²) in [4.78, 5) is 50.8. The first-order chi connectivity index (χ1) is 19.2. The quantitative estimate of drug-likeness (QED) is 0.105. The number of hydrogen-bond acceptors (Lipinski definition) is 12. The molecule has 40 heavy (non-hydrogen) atoms. The second-order valence-corrected chi connectivity index (χ2v) is 8.59. The highest BCUT2D eigenvalue weighted by Crippen LogP contribution is 2.36. The van der Waals surface area contributed by atoms with Gasteiger partial charge in [0.1, 0.15) is 5.75 Å². The van der Waals surface area contributed by atoms with Crippen molar-refractivity contribution in [2.24, 2.45) is 11.5 Å². The molecule has 1 fully saturated rings. The smallest absolute Gasteiger partial charge is 0.312 e. The van der Waals surface area contributed by atoms with Crippen molar-refractivity contribution in [1.29, 1.82) is 0 Å². The Bertz CT molecular complexity index is 1280. The fraction of sp³-hybridized carbons (Fsp3) is 0.375. The first-order valence-corrected chi connectivity index (χ1v) is 12.3. The summed E-state index contributed by atoms with van der Waals surface area (Å²) in [5.74, 6) is -1.61. The first kappa shape index (κ1) is 29.7. The highest BCUT2D eigenvalue weighted by atomic mass is 16.6. The summed E-state index contributed by atoms with van der Waals surface area (Å²) in [5.41, 5.74) is 9.65. The van der Waals surface area contributed by atoms with Gasteiger partial charge in [-0.1, -0.05) is 12.2 Å². The second kappa shape index (κ2) is 14.4. The van der Waals surface area contributed by atoms with Crippen molar-refractivity contribution in [3.8, 4) is 5.75 Å². The average Bonchev–Trinajstić information content (AvgIpc) is 2.93. The molecule has 0 atom stereocenters. The lowest BCUT2D eigenvalue weighted by Gasteiger charge is -2.26. The molecule has 0 unspecified atom stereocenters. The molecular formula is C24H30N8O8. The molecule has 2 amide bonds. The third kappa shape index (κ3) is 8.34.